The Kier molecular flexibility index (Phi) is 5.32. The van der Waals surface area contributed by atoms with Gasteiger partial charge in [0.2, 0.25) is 0 Å². The predicted octanol–water partition coefficient (Wildman–Crippen LogP) is 2.28. The maximum absolute atomic E-state index is 10.8. The molecule has 90 valence electrons. The van der Waals surface area contributed by atoms with Gasteiger partial charge < -0.3 is 4.90 Å². The lowest BCUT2D eigenvalue weighted by Gasteiger charge is -2.23. The van der Waals surface area contributed by atoms with E-state index >= 15 is 0 Å². The molecular weight excluding hydrogens is 222 g/mol. The summed E-state index contributed by atoms with van der Waals surface area (Å²) in [5.74, 6) is 0. The zero-order valence-electron chi connectivity index (χ0n) is 9.85. The highest BCUT2D eigenvalue weighted by molar-refractivity contribution is 7.72. The minimum absolute atomic E-state index is 0.381. The summed E-state index contributed by atoms with van der Waals surface area (Å²) in [5, 5.41) is 0. The van der Waals surface area contributed by atoms with E-state index in [0.717, 1.165) is 31.6 Å². The fraction of sp³-hybridized carbons (Fsp3) is 0.500. The van der Waals surface area contributed by atoms with Crippen molar-refractivity contribution in [3.63, 3.8) is 0 Å². The van der Waals surface area contributed by atoms with E-state index < -0.39 is 10.7 Å². The smallest absolute Gasteiger partial charge is 0.168 e. The first kappa shape index (κ1) is 13.0. The van der Waals surface area contributed by atoms with Crippen LogP contribution in [0.3, 0.4) is 0 Å². The molecule has 16 heavy (non-hydrogen) atoms. The van der Waals surface area contributed by atoms with Gasteiger partial charge in [-0.3, -0.25) is 0 Å². The highest BCUT2D eigenvalue weighted by atomic mass is 32.2. The van der Waals surface area contributed by atoms with Crippen LogP contribution in [0.25, 0.3) is 0 Å². The summed E-state index contributed by atoms with van der Waals surface area (Å²) in [6, 6.07) is 7.09. The topological polar surface area (TPSA) is 37.4 Å². The maximum atomic E-state index is 10.8. The zero-order valence-corrected chi connectivity index (χ0v) is 10.7. The monoisotopic (exact) mass is 241 g/mol. The van der Waals surface area contributed by atoms with E-state index in [4.69, 9.17) is 0 Å². The first-order chi connectivity index (χ1) is 7.69. The number of hydrogen-bond acceptors (Lipinski definition) is 3. The van der Waals surface area contributed by atoms with Crippen molar-refractivity contribution in [3.05, 3.63) is 24.3 Å². The average molecular weight is 241 g/mol. The molecule has 0 aliphatic rings. The first-order valence-electron chi connectivity index (χ1n) is 5.68. The highest BCUT2D eigenvalue weighted by Crippen LogP contribution is 2.16. The molecule has 0 spiro atoms. The molecule has 0 fully saturated rings. The molecule has 0 radical (unpaired) electrons. The van der Waals surface area contributed by atoms with Gasteiger partial charge in [0.05, 0.1) is 4.90 Å². The van der Waals surface area contributed by atoms with E-state index in [1.54, 1.807) is 12.1 Å². The third kappa shape index (κ3) is 3.52. The Bertz CT molecular complexity index is 371. The molecule has 0 heterocycles. The van der Waals surface area contributed by atoms with Crippen molar-refractivity contribution >= 4 is 16.4 Å². The Balaban J connectivity index is 2.84. The van der Waals surface area contributed by atoms with Crippen LogP contribution >= 0.6 is 0 Å². The Morgan fingerprint density at radius 2 is 1.50 bits per heavy atom. The lowest BCUT2D eigenvalue weighted by molar-refractivity contribution is 0.614. The quantitative estimate of drug-likeness (QED) is 0.776. The molecule has 0 amide bonds. The molecule has 0 saturated heterocycles. The van der Waals surface area contributed by atoms with Crippen LogP contribution in [0.4, 0.5) is 5.69 Å². The molecule has 0 N–H and O–H groups in total. The van der Waals surface area contributed by atoms with Gasteiger partial charge in [0, 0.05) is 18.8 Å². The predicted molar refractivity (Wildman–Crippen MR) is 67.8 cm³/mol. The summed E-state index contributed by atoms with van der Waals surface area (Å²) in [7, 11) is -2.46. The Morgan fingerprint density at radius 1 is 1.00 bits per heavy atom. The van der Waals surface area contributed by atoms with Gasteiger partial charge in [-0.1, -0.05) is 13.8 Å². The number of thiol groups is 1. The van der Waals surface area contributed by atoms with Crippen LogP contribution in [0.5, 0.6) is 0 Å². The minimum atomic E-state index is -2.46. The van der Waals surface area contributed by atoms with E-state index in [2.05, 4.69) is 18.7 Å². The fourth-order valence-corrected chi connectivity index (χ4v) is 2.09. The summed E-state index contributed by atoms with van der Waals surface area (Å²) in [6.45, 7) is 6.31. The number of hydrogen-bond donors (Lipinski definition) is 1. The van der Waals surface area contributed by atoms with E-state index in [0.29, 0.717) is 4.90 Å². The molecule has 0 bridgehead atoms. The SMILES string of the molecule is CCCN(CCC)c1ccc([SH](=O)=O)cc1. The Labute approximate surface area is 99.0 Å². The van der Waals surface area contributed by atoms with Crippen LogP contribution in [0.1, 0.15) is 26.7 Å². The van der Waals surface area contributed by atoms with Crippen molar-refractivity contribution in [3.8, 4) is 0 Å². The summed E-state index contributed by atoms with van der Waals surface area (Å²) >= 11 is 0. The van der Waals surface area contributed by atoms with E-state index in [1.165, 1.54) is 0 Å². The van der Waals surface area contributed by atoms with E-state index in [-0.39, 0.29) is 0 Å². The standard InChI is InChI=1S/C12H19NO2S/c1-3-9-13(10-4-2)11-5-7-12(8-6-11)16(14)15/h5-8,16H,3-4,9-10H2,1-2H3. The molecule has 1 aromatic carbocycles. The van der Waals surface area contributed by atoms with Gasteiger partial charge in [-0.2, -0.15) is 0 Å². The molecular formula is C12H19NO2S. The molecule has 3 nitrogen and oxygen atoms in total. The van der Waals surface area contributed by atoms with Crippen molar-refractivity contribution in [2.24, 2.45) is 0 Å². The van der Waals surface area contributed by atoms with Gasteiger partial charge in [-0.05, 0) is 37.1 Å². The molecule has 0 aromatic heterocycles. The molecule has 0 unspecified atom stereocenters. The fourth-order valence-electron chi connectivity index (χ4n) is 1.70. The van der Waals surface area contributed by atoms with Crippen molar-refractivity contribution in [1.29, 1.82) is 0 Å². The number of benzene rings is 1. The van der Waals surface area contributed by atoms with Crippen molar-refractivity contribution in [2.45, 2.75) is 31.6 Å². The van der Waals surface area contributed by atoms with Crippen LogP contribution in [0.15, 0.2) is 29.2 Å². The zero-order chi connectivity index (χ0) is 12.0. The molecule has 0 aliphatic heterocycles. The van der Waals surface area contributed by atoms with Gasteiger partial charge in [-0.15, -0.1) is 0 Å². The van der Waals surface area contributed by atoms with Crippen molar-refractivity contribution in [1.82, 2.24) is 0 Å². The van der Waals surface area contributed by atoms with Crippen LogP contribution in [0, 0.1) is 0 Å². The molecule has 0 saturated carbocycles. The van der Waals surface area contributed by atoms with Gasteiger partial charge in [-0.25, -0.2) is 8.42 Å². The highest BCUT2D eigenvalue weighted by Gasteiger charge is 2.04. The van der Waals surface area contributed by atoms with E-state index in [9.17, 15) is 8.42 Å². The summed E-state index contributed by atoms with van der Waals surface area (Å²) in [4.78, 5) is 2.66. The third-order valence-electron chi connectivity index (χ3n) is 2.41. The van der Waals surface area contributed by atoms with Gasteiger partial charge in [0.1, 0.15) is 0 Å². The van der Waals surface area contributed by atoms with Crippen LogP contribution in [-0.2, 0) is 10.7 Å². The molecule has 0 aliphatic carbocycles. The number of anilines is 1. The van der Waals surface area contributed by atoms with Crippen molar-refractivity contribution < 1.29 is 8.42 Å². The second-order valence-electron chi connectivity index (χ2n) is 3.76. The van der Waals surface area contributed by atoms with Gasteiger partial charge in [0.25, 0.3) is 0 Å². The number of rotatable bonds is 6. The Morgan fingerprint density at radius 3 is 1.88 bits per heavy atom. The van der Waals surface area contributed by atoms with Gasteiger partial charge >= 0.3 is 0 Å². The largest absolute Gasteiger partial charge is 0.372 e. The third-order valence-corrected chi connectivity index (χ3v) is 3.13. The summed E-state index contributed by atoms with van der Waals surface area (Å²) in [5.41, 5.74) is 1.10. The minimum Gasteiger partial charge on any atom is -0.372 e. The lowest BCUT2D eigenvalue weighted by Crippen LogP contribution is -2.24. The summed E-state index contributed by atoms with van der Waals surface area (Å²) < 4.78 is 21.5. The summed E-state index contributed by atoms with van der Waals surface area (Å²) in [6.07, 6.45) is 2.19. The van der Waals surface area contributed by atoms with Crippen LogP contribution in [-0.4, -0.2) is 21.5 Å². The lowest BCUT2D eigenvalue weighted by atomic mass is 10.2. The molecule has 0 atom stereocenters. The van der Waals surface area contributed by atoms with Crippen molar-refractivity contribution in [2.75, 3.05) is 18.0 Å². The second-order valence-corrected chi connectivity index (χ2v) is 4.79. The molecule has 1 rings (SSSR count). The average Bonchev–Trinajstić information content (AvgIpc) is 2.29. The van der Waals surface area contributed by atoms with E-state index in [1.807, 2.05) is 12.1 Å². The van der Waals surface area contributed by atoms with Gasteiger partial charge in [0.15, 0.2) is 10.7 Å². The van der Waals surface area contributed by atoms with Crippen LogP contribution in [0.2, 0.25) is 0 Å². The second kappa shape index (κ2) is 6.53. The molecule has 4 heteroatoms. The van der Waals surface area contributed by atoms with Crippen LogP contribution < -0.4 is 4.90 Å². The number of nitrogens with zero attached hydrogens (tertiary/aromatic N) is 1. The Hall–Kier alpha value is -1.03. The normalized spacial score (nSPS) is 10.7. The maximum Gasteiger partial charge on any atom is 0.168 e. The first-order valence-corrected chi connectivity index (χ1v) is 6.86. The molecule has 1 aromatic rings.